The highest BCUT2D eigenvalue weighted by atomic mass is 16.2. The summed E-state index contributed by atoms with van der Waals surface area (Å²) in [5.41, 5.74) is 2.67. The van der Waals surface area contributed by atoms with Crippen LogP contribution in [0, 0.1) is 6.92 Å². The van der Waals surface area contributed by atoms with Crippen LogP contribution < -0.4 is 5.32 Å². The number of amidine groups is 1. The summed E-state index contributed by atoms with van der Waals surface area (Å²) in [7, 11) is 0. The molecule has 0 saturated carbocycles. The fourth-order valence-corrected chi connectivity index (χ4v) is 1.60. The third-order valence-electron chi connectivity index (χ3n) is 2.43. The van der Waals surface area contributed by atoms with Crippen LogP contribution >= 0.6 is 0 Å². The van der Waals surface area contributed by atoms with E-state index in [0.29, 0.717) is 5.70 Å². The van der Waals surface area contributed by atoms with Crippen molar-refractivity contribution in [3.8, 4) is 0 Å². The molecule has 3 heteroatoms. The fourth-order valence-electron chi connectivity index (χ4n) is 1.60. The number of carbonyl (C=O) groups is 1. The predicted octanol–water partition coefficient (Wildman–Crippen LogP) is 2.27. The summed E-state index contributed by atoms with van der Waals surface area (Å²) in [6, 6.07) is 7.99. The third-order valence-corrected chi connectivity index (χ3v) is 2.43. The molecule has 0 unspecified atom stereocenters. The van der Waals surface area contributed by atoms with Gasteiger partial charge in [-0.1, -0.05) is 36.8 Å². The molecule has 0 bridgehead atoms. The van der Waals surface area contributed by atoms with Crippen LogP contribution in [0.5, 0.6) is 0 Å². The van der Waals surface area contributed by atoms with Gasteiger partial charge in [0.2, 0.25) is 0 Å². The Hall–Kier alpha value is -1.90. The highest BCUT2D eigenvalue weighted by molar-refractivity contribution is 6.14. The van der Waals surface area contributed by atoms with Crippen molar-refractivity contribution in [2.45, 2.75) is 20.3 Å². The summed E-state index contributed by atoms with van der Waals surface area (Å²) in [4.78, 5) is 15.8. The number of hydrogen-bond acceptors (Lipinski definition) is 2. The number of aliphatic imine (C=N–C) groups is 1. The number of amides is 1. The normalized spacial score (nSPS) is 17.5. The monoisotopic (exact) mass is 214 g/mol. The first kappa shape index (κ1) is 10.6. The van der Waals surface area contributed by atoms with Crippen LogP contribution in [0.4, 0.5) is 0 Å². The van der Waals surface area contributed by atoms with Gasteiger partial charge in [-0.3, -0.25) is 4.79 Å². The van der Waals surface area contributed by atoms with Crippen molar-refractivity contribution in [3.05, 3.63) is 41.1 Å². The molecule has 1 aliphatic rings. The molecule has 1 aromatic carbocycles. The maximum Gasteiger partial charge on any atom is 0.275 e. The Bertz CT molecular complexity index is 486. The number of nitrogens with zero attached hydrogens (tertiary/aromatic N) is 1. The highest BCUT2D eigenvalue weighted by Crippen LogP contribution is 2.13. The molecular weight excluding hydrogens is 200 g/mol. The Balaban J connectivity index is 2.31. The van der Waals surface area contributed by atoms with Crippen LogP contribution in [0.25, 0.3) is 6.08 Å². The van der Waals surface area contributed by atoms with E-state index in [0.717, 1.165) is 17.8 Å². The molecule has 16 heavy (non-hydrogen) atoms. The lowest BCUT2D eigenvalue weighted by atomic mass is 10.1. The van der Waals surface area contributed by atoms with Crippen LogP contribution in [-0.4, -0.2) is 11.7 Å². The largest absolute Gasteiger partial charge is 0.309 e. The number of hydrogen-bond donors (Lipinski definition) is 1. The fraction of sp³-hybridized carbons (Fsp3) is 0.231. The Kier molecular flexibility index (Phi) is 2.86. The minimum absolute atomic E-state index is 0.113. The molecule has 2 rings (SSSR count). The van der Waals surface area contributed by atoms with Gasteiger partial charge in [-0.05, 0) is 18.6 Å². The van der Waals surface area contributed by atoms with Gasteiger partial charge >= 0.3 is 0 Å². The molecular formula is C13H14N2O. The second-order valence-electron chi connectivity index (χ2n) is 3.81. The summed E-state index contributed by atoms with van der Waals surface area (Å²) in [5.74, 6) is 0.627. The van der Waals surface area contributed by atoms with E-state index in [2.05, 4.69) is 10.3 Å². The van der Waals surface area contributed by atoms with Crippen LogP contribution in [0.15, 0.2) is 35.0 Å². The third kappa shape index (κ3) is 2.19. The molecule has 1 aromatic rings. The molecule has 0 saturated heterocycles. The molecule has 1 heterocycles. The molecule has 0 radical (unpaired) electrons. The number of nitrogens with one attached hydrogen (secondary N) is 1. The molecule has 0 atom stereocenters. The lowest BCUT2D eigenvalue weighted by Crippen LogP contribution is -2.22. The van der Waals surface area contributed by atoms with Crippen molar-refractivity contribution in [2.24, 2.45) is 4.99 Å². The highest BCUT2D eigenvalue weighted by Gasteiger charge is 2.17. The predicted molar refractivity (Wildman–Crippen MR) is 65.0 cm³/mol. The molecule has 0 fully saturated rings. The van der Waals surface area contributed by atoms with Crippen molar-refractivity contribution >= 4 is 17.8 Å². The van der Waals surface area contributed by atoms with Crippen molar-refractivity contribution in [3.63, 3.8) is 0 Å². The number of benzene rings is 1. The average molecular weight is 214 g/mol. The summed E-state index contributed by atoms with van der Waals surface area (Å²) in [5, 5.41) is 2.73. The van der Waals surface area contributed by atoms with E-state index in [1.807, 2.05) is 44.2 Å². The first-order valence-corrected chi connectivity index (χ1v) is 5.36. The average Bonchev–Trinajstić information content (AvgIpc) is 2.60. The molecule has 1 N–H and O–H groups in total. The smallest absolute Gasteiger partial charge is 0.275 e. The van der Waals surface area contributed by atoms with Gasteiger partial charge in [0.05, 0.1) is 0 Å². The molecule has 0 aliphatic carbocycles. The van der Waals surface area contributed by atoms with Gasteiger partial charge in [0.1, 0.15) is 11.5 Å². The van der Waals surface area contributed by atoms with Crippen LogP contribution in [0.2, 0.25) is 0 Å². The van der Waals surface area contributed by atoms with Gasteiger partial charge < -0.3 is 5.32 Å². The van der Waals surface area contributed by atoms with Gasteiger partial charge in [-0.15, -0.1) is 0 Å². The zero-order valence-corrected chi connectivity index (χ0v) is 9.45. The van der Waals surface area contributed by atoms with Crippen molar-refractivity contribution in [2.75, 3.05) is 0 Å². The summed E-state index contributed by atoms with van der Waals surface area (Å²) in [6.45, 7) is 3.99. The van der Waals surface area contributed by atoms with Crippen LogP contribution in [0.3, 0.4) is 0 Å². The summed E-state index contributed by atoms with van der Waals surface area (Å²) < 4.78 is 0. The molecule has 3 nitrogen and oxygen atoms in total. The van der Waals surface area contributed by atoms with Gasteiger partial charge in [0, 0.05) is 6.42 Å². The second-order valence-corrected chi connectivity index (χ2v) is 3.81. The lowest BCUT2D eigenvalue weighted by Gasteiger charge is -1.96. The van der Waals surface area contributed by atoms with E-state index in [4.69, 9.17) is 0 Å². The summed E-state index contributed by atoms with van der Waals surface area (Å²) in [6.07, 6.45) is 2.56. The van der Waals surface area contributed by atoms with E-state index in [9.17, 15) is 4.79 Å². The molecule has 0 aromatic heterocycles. The van der Waals surface area contributed by atoms with Crippen molar-refractivity contribution in [1.82, 2.24) is 5.32 Å². The maximum atomic E-state index is 11.5. The topological polar surface area (TPSA) is 41.5 Å². The van der Waals surface area contributed by atoms with E-state index in [1.165, 1.54) is 5.56 Å². The van der Waals surface area contributed by atoms with Gasteiger partial charge in [-0.25, -0.2) is 4.99 Å². The molecule has 1 aliphatic heterocycles. The van der Waals surface area contributed by atoms with E-state index in [-0.39, 0.29) is 5.91 Å². The lowest BCUT2D eigenvalue weighted by molar-refractivity contribution is -0.115. The Morgan fingerprint density at radius 3 is 2.88 bits per heavy atom. The van der Waals surface area contributed by atoms with Crippen LogP contribution in [0.1, 0.15) is 24.5 Å². The first-order valence-electron chi connectivity index (χ1n) is 5.36. The second kappa shape index (κ2) is 4.31. The van der Waals surface area contributed by atoms with E-state index < -0.39 is 0 Å². The Morgan fingerprint density at radius 1 is 1.44 bits per heavy atom. The Morgan fingerprint density at radius 2 is 2.25 bits per heavy atom. The van der Waals surface area contributed by atoms with Gasteiger partial charge in [0.15, 0.2) is 0 Å². The molecule has 0 spiro atoms. The van der Waals surface area contributed by atoms with Gasteiger partial charge in [-0.2, -0.15) is 0 Å². The first-order chi connectivity index (χ1) is 7.69. The Labute approximate surface area is 94.9 Å². The van der Waals surface area contributed by atoms with Crippen LogP contribution in [-0.2, 0) is 4.79 Å². The number of rotatable bonds is 2. The zero-order valence-electron chi connectivity index (χ0n) is 9.45. The van der Waals surface area contributed by atoms with Gasteiger partial charge in [0.25, 0.3) is 5.91 Å². The molecule has 82 valence electrons. The minimum Gasteiger partial charge on any atom is -0.309 e. The standard InChI is InChI=1S/C13H14N2O/c1-3-12-14-11(13(16)15-12)8-10-6-4-5-9(2)7-10/h4-8H,3H2,1-2H3,(H,14,15,16)/b11-8+. The van der Waals surface area contributed by atoms with Crippen molar-refractivity contribution in [1.29, 1.82) is 0 Å². The zero-order chi connectivity index (χ0) is 11.5. The number of aryl methyl sites for hydroxylation is 1. The van der Waals surface area contributed by atoms with Crippen molar-refractivity contribution < 1.29 is 4.79 Å². The van der Waals surface area contributed by atoms with E-state index >= 15 is 0 Å². The summed E-state index contributed by atoms with van der Waals surface area (Å²) >= 11 is 0. The van der Waals surface area contributed by atoms with E-state index in [1.54, 1.807) is 0 Å². The molecule has 1 amide bonds. The minimum atomic E-state index is -0.113. The number of carbonyl (C=O) groups excluding carboxylic acids is 1. The maximum absolute atomic E-state index is 11.5. The quantitative estimate of drug-likeness (QED) is 0.754. The SMILES string of the molecule is CCC1=N/C(=C/c2cccc(C)c2)C(=O)N1.